The zero-order valence-electron chi connectivity index (χ0n) is 9.59. The van der Waals surface area contributed by atoms with Gasteiger partial charge in [0.15, 0.2) is 0 Å². The summed E-state index contributed by atoms with van der Waals surface area (Å²) in [5.74, 6) is -1.20. The van der Waals surface area contributed by atoms with E-state index < -0.39 is 5.97 Å². The van der Waals surface area contributed by atoms with Gasteiger partial charge in [-0.05, 0) is 24.6 Å². The van der Waals surface area contributed by atoms with Crippen LogP contribution >= 0.6 is 0 Å². The number of nitrogens with zero attached hydrogens (tertiary/aromatic N) is 1. The lowest BCUT2D eigenvalue weighted by Crippen LogP contribution is -2.36. The normalized spacial score (nSPS) is 9.94. The van der Waals surface area contributed by atoms with Crippen LogP contribution in [0.2, 0.25) is 0 Å². The molecule has 0 aliphatic carbocycles. The van der Waals surface area contributed by atoms with Crippen LogP contribution in [-0.2, 0) is 16.0 Å². The number of hydrogen-bond donors (Lipinski definition) is 2. The molecule has 1 rings (SSSR count). The van der Waals surface area contributed by atoms with Gasteiger partial charge in [0, 0.05) is 6.54 Å². The number of carbonyl (C=O) groups is 2. The predicted molar refractivity (Wildman–Crippen MR) is 61.7 cm³/mol. The van der Waals surface area contributed by atoms with E-state index in [2.05, 4.69) is 0 Å². The lowest BCUT2D eigenvalue weighted by atomic mass is 10.1. The van der Waals surface area contributed by atoms with Crippen molar-refractivity contribution in [3.63, 3.8) is 0 Å². The van der Waals surface area contributed by atoms with Gasteiger partial charge in [-0.1, -0.05) is 12.1 Å². The Morgan fingerprint density at radius 1 is 1.35 bits per heavy atom. The van der Waals surface area contributed by atoms with E-state index in [0.717, 1.165) is 0 Å². The van der Waals surface area contributed by atoms with Crippen molar-refractivity contribution in [2.24, 2.45) is 0 Å². The van der Waals surface area contributed by atoms with Crippen molar-refractivity contribution in [1.29, 1.82) is 0 Å². The van der Waals surface area contributed by atoms with Crippen molar-refractivity contribution in [3.8, 4) is 5.75 Å². The average molecular weight is 237 g/mol. The molecule has 0 aliphatic rings. The number of carbonyl (C=O) groups excluding carboxylic acids is 1. The lowest BCUT2D eigenvalue weighted by Gasteiger charge is -2.18. The van der Waals surface area contributed by atoms with Crippen molar-refractivity contribution >= 4 is 11.9 Å². The summed E-state index contributed by atoms with van der Waals surface area (Å²) < 4.78 is 0. The summed E-state index contributed by atoms with van der Waals surface area (Å²) in [7, 11) is 0. The van der Waals surface area contributed by atoms with Crippen LogP contribution in [0.15, 0.2) is 24.3 Å². The Morgan fingerprint density at radius 2 is 2.06 bits per heavy atom. The number of hydrogen-bond acceptors (Lipinski definition) is 3. The van der Waals surface area contributed by atoms with E-state index in [0.29, 0.717) is 12.1 Å². The van der Waals surface area contributed by atoms with Crippen molar-refractivity contribution in [3.05, 3.63) is 29.8 Å². The molecule has 1 aromatic carbocycles. The molecule has 92 valence electrons. The first kappa shape index (κ1) is 13.0. The Balaban J connectivity index is 2.67. The second-order valence-corrected chi connectivity index (χ2v) is 3.65. The first-order valence-electron chi connectivity index (χ1n) is 5.30. The molecule has 1 amide bonds. The molecule has 2 N–H and O–H groups in total. The van der Waals surface area contributed by atoms with Gasteiger partial charge in [-0.3, -0.25) is 9.59 Å². The number of carboxylic acids is 1. The standard InChI is InChI=1S/C12H15NO4/c1-2-13(8-12(16)17)11(15)7-9-4-3-5-10(14)6-9/h3-6,14H,2,7-8H2,1H3,(H,16,17). The Kier molecular flexibility index (Phi) is 4.51. The number of benzene rings is 1. The third-order valence-corrected chi connectivity index (χ3v) is 2.33. The van der Waals surface area contributed by atoms with Gasteiger partial charge >= 0.3 is 5.97 Å². The number of rotatable bonds is 5. The third-order valence-electron chi connectivity index (χ3n) is 2.33. The third kappa shape index (κ3) is 4.14. The zero-order chi connectivity index (χ0) is 12.8. The van der Waals surface area contributed by atoms with E-state index in [9.17, 15) is 14.7 Å². The lowest BCUT2D eigenvalue weighted by molar-refractivity contribution is -0.144. The number of aromatic hydroxyl groups is 1. The fourth-order valence-electron chi connectivity index (χ4n) is 1.49. The SMILES string of the molecule is CCN(CC(=O)O)C(=O)Cc1cccc(O)c1. The zero-order valence-corrected chi connectivity index (χ0v) is 9.59. The number of phenols is 1. The molecule has 0 aromatic heterocycles. The molecule has 5 nitrogen and oxygen atoms in total. The molecular formula is C12H15NO4. The number of aliphatic carboxylic acids is 1. The van der Waals surface area contributed by atoms with Gasteiger partial charge in [-0.2, -0.15) is 0 Å². The van der Waals surface area contributed by atoms with Gasteiger partial charge in [0.05, 0.1) is 6.42 Å². The van der Waals surface area contributed by atoms with Crippen molar-refractivity contribution in [1.82, 2.24) is 4.90 Å². The van der Waals surface area contributed by atoms with Gasteiger partial charge < -0.3 is 15.1 Å². The first-order chi connectivity index (χ1) is 8.02. The number of likely N-dealkylation sites (N-methyl/N-ethyl adjacent to an activating group) is 1. The fourth-order valence-corrected chi connectivity index (χ4v) is 1.49. The fraction of sp³-hybridized carbons (Fsp3) is 0.333. The molecule has 0 radical (unpaired) electrons. The number of carboxylic acid groups (broad SMARTS) is 1. The molecule has 0 fully saturated rings. The summed E-state index contributed by atoms with van der Waals surface area (Å²) in [6.45, 7) is 1.78. The molecule has 0 aliphatic heterocycles. The highest BCUT2D eigenvalue weighted by Gasteiger charge is 2.15. The maximum atomic E-state index is 11.8. The van der Waals surface area contributed by atoms with Crippen LogP contribution in [0.4, 0.5) is 0 Å². The molecule has 0 heterocycles. The Labute approximate surface area is 99.3 Å². The highest BCUT2D eigenvalue weighted by atomic mass is 16.4. The second kappa shape index (κ2) is 5.89. The van der Waals surface area contributed by atoms with Crippen LogP contribution < -0.4 is 0 Å². The topological polar surface area (TPSA) is 77.8 Å². The van der Waals surface area contributed by atoms with Crippen molar-refractivity contribution in [2.75, 3.05) is 13.1 Å². The largest absolute Gasteiger partial charge is 0.508 e. The van der Waals surface area contributed by atoms with Gasteiger partial charge in [0.1, 0.15) is 12.3 Å². The molecule has 0 saturated carbocycles. The van der Waals surface area contributed by atoms with E-state index in [-0.39, 0.29) is 24.6 Å². The number of amides is 1. The summed E-state index contributed by atoms with van der Waals surface area (Å²) in [4.78, 5) is 23.6. The summed E-state index contributed by atoms with van der Waals surface area (Å²) >= 11 is 0. The Morgan fingerprint density at radius 3 is 2.59 bits per heavy atom. The average Bonchev–Trinajstić information content (AvgIpc) is 2.25. The molecule has 5 heteroatoms. The maximum Gasteiger partial charge on any atom is 0.323 e. The first-order valence-corrected chi connectivity index (χ1v) is 5.30. The van der Waals surface area contributed by atoms with Gasteiger partial charge in [-0.25, -0.2) is 0 Å². The van der Waals surface area contributed by atoms with Crippen LogP contribution in [-0.4, -0.2) is 40.1 Å². The Bertz CT molecular complexity index is 417. The highest BCUT2D eigenvalue weighted by molar-refractivity contribution is 5.83. The Hall–Kier alpha value is -2.04. The molecule has 17 heavy (non-hydrogen) atoms. The van der Waals surface area contributed by atoms with E-state index in [1.165, 1.54) is 17.0 Å². The minimum Gasteiger partial charge on any atom is -0.508 e. The van der Waals surface area contributed by atoms with Crippen LogP contribution in [0.5, 0.6) is 5.75 Å². The maximum absolute atomic E-state index is 11.8. The molecule has 0 atom stereocenters. The van der Waals surface area contributed by atoms with Crippen molar-refractivity contribution < 1.29 is 19.8 Å². The minimum absolute atomic E-state index is 0.0928. The molecular weight excluding hydrogens is 222 g/mol. The molecule has 0 spiro atoms. The molecule has 1 aromatic rings. The molecule has 0 saturated heterocycles. The molecule has 0 bridgehead atoms. The van der Waals surface area contributed by atoms with E-state index in [4.69, 9.17) is 5.11 Å². The monoisotopic (exact) mass is 237 g/mol. The van der Waals surface area contributed by atoms with Gasteiger partial charge in [0.25, 0.3) is 0 Å². The van der Waals surface area contributed by atoms with E-state index >= 15 is 0 Å². The smallest absolute Gasteiger partial charge is 0.323 e. The number of phenolic OH excluding ortho intramolecular Hbond substituents is 1. The van der Waals surface area contributed by atoms with Gasteiger partial charge in [0.2, 0.25) is 5.91 Å². The van der Waals surface area contributed by atoms with Crippen LogP contribution in [0, 0.1) is 0 Å². The van der Waals surface area contributed by atoms with Crippen LogP contribution in [0.25, 0.3) is 0 Å². The molecule has 0 unspecified atom stereocenters. The van der Waals surface area contributed by atoms with Crippen molar-refractivity contribution in [2.45, 2.75) is 13.3 Å². The van der Waals surface area contributed by atoms with Gasteiger partial charge in [-0.15, -0.1) is 0 Å². The predicted octanol–water partition coefficient (Wildman–Crippen LogP) is 0.868. The highest BCUT2D eigenvalue weighted by Crippen LogP contribution is 2.12. The van der Waals surface area contributed by atoms with E-state index in [1.807, 2.05) is 0 Å². The second-order valence-electron chi connectivity index (χ2n) is 3.65. The summed E-state index contributed by atoms with van der Waals surface area (Å²) in [5, 5.41) is 17.9. The quantitative estimate of drug-likeness (QED) is 0.796. The summed E-state index contributed by atoms with van der Waals surface area (Å²) in [6.07, 6.45) is 0.0928. The van der Waals surface area contributed by atoms with Crippen LogP contribution in [0.1, 0.15) is 12.5 Å². The van der Waals surface area contributed by atoms with E-state index in [1.54, 1.807) is 19.1 Å². The minimum atomic E-state index is -1.03. The summed E-state index contributed by atoms with van der Waals surface area (Å²) in [6, 6.07) is 6.37. The van der Waals surface area contributed by atoms with Crippen LogP contribution in [0.3, 0.4) is 0 Å². The summed E-state index contributed by atoms with van der Waals surface area (Å²) in [5.41, 5.74) is 0.666.